The zero-order valence-corrected chi connectivity index (χ0v) is 12.8. The summed E-state index contributed by atoms with van der Waals surface area (Å²) in [5.41, 5.74) is 1.03. The number of aromatic nitrogens is 2. The van der Waals surface area contributed by atoms with Gasteiger partial charge in [0.25, 0.3) is 0 Å². The maximum atomic E-state index is 4.70. The maximum absolute atomic E-state index is 4.70. The summed E-state index contributed by atoms with van der Waals surface area (Å²) in [6.45, 7) is 4.20. The number of halogens is 1. The SMILES string of the molecule is Cc1nc(N2CCCCCC2)c2ccc(Br)cc2n1. The third-order valence-electron chi connectivity index (χ3n) is 3.66. The van der Waals surface area contributed by atoms with Crippen LogP contribution in [0.2, 0.25) is 0 Å². The summed E-state index contributed by atoms with van der Waals surface area (Å²) in [5, 5.41) is 1.16. The van der Waals surface area contributed by atoms with E-state index in [1.54, 1.807) is 0 Å². The lowest BCUT2D eigenvalue weighted by molar-refractivity contribution is 0.726. The molecular formula is C15H18BrN3. The number of hydrogen-bond acceptors (Lipinski definition) is 3. The molecule has 0 unspecified atom stereocenters. The van der Waals surface area contributed by atoms with Gasteiger partial charge < -0.3 is 4.90 Å². The zero-order valence-electron chi connectivity index (χ0n) is 11.2. The number of benzene rings is 1. The van der Waals surface area contributed by atoms with E-state index in [4.69, 9.17) is 4.98 Å². The van der Waals surface area contributed by atoms with E-state index in [1.165, 1.54) is 25.7 Å². The first kappa shape index (κ1) is 12.9. The average molecular weight is 320 g/mol. The van der Waals surface area contributed by atoms with Crippen LogP contribution in [-0.4, -0.2) is 23.1 Å². The molecule has 2 heterocycles. The van der Waals surface area contributed by atoms with Crippen LogP contribution in [0.5, 0.6) is 0 Å². The second kappa shape index (κ2) is 5.45. The molecule has 0 saturated carbocycles. The molecule has 3 nitrogen and oxygen atoms in total. The van der Waals surface area contributed by atoms with Crippen LogP contribution in [0.15, 0.2) is 22.7 Å². The summed E-state index contributed by atoms with van der Waals surface area (Å²) in [5.74, 6) is 1.96. The van der Waals surface area contributed by atoms with E-state index >= 15 is 0 Å². The lowest BCUT2D eigenvalue weighted by Crippen LogP contribution is -2.25. The fourth-order valence-electron chi connectivity index (χ4n) is 2.72. The van der Waals surface area contributed by atoms with Crippen LogP contribution in [0.3, 0.4) is 0 Å². The van der Waals surface area contributed by atoms with Crippen LogP contribution in [0.1, 0.15) is 31.5 Å². The predicted octanol–water partition coefficient (Wildman–Crippen LogP) is 4.08. The lowest BCUT2D eigenvalue weighted by atomic mass is 10.2. The Kier molecular flexibility index (Phi) is 3.69. The minimum absolute atomic E-state index is 0.852. The van der Waals surface area contributed by atoms with Crippen molar-refractivity contribution in [3.8, 4) is 0 Å². The predicted molar refractivity (Wildman–Crippen MR) is 82.7 cm³/mol. The maximum Gasteiger partial charge on any atom is 0.140 e. The number of rotatable bonds is 1. The number of nitrogens with zero attached hydrogens (tertiary/aromatic N) is 3. The minimum Gasteiger partial charge on any atom is -0.356 e. The van der Waals surface area contributed by atoms with Gasteiger partial charge in [-0.15, -0.1) is 0 Å². The van der Waals surface area contributed by atoms with Crippen molar-refractivity contribution in [2.45, 2.75) is 32.6 Å². The van der Waals surface area contributed by atoms with Crippen LogP contribution in [0.4, 0.5) is 5.82 Å². The molecule has 0 spiro atoms. The summed E-state index contributed by atoms with van der Waals surface area (Å²) in [6.07, 6.45) is 5.20. The van der Waals surface area contributed by atoms with Crippen LogP contribution in [-0.2, 0) is 0 Å². The van der Waals surface area contributed by atoms with E-state index in [2.05, 4.69) is 44.0 Å². The quantitative estimate of drug-likeness (QED) is 0.793. The largest absolute Gasteiger partial charge is 0.356 e. The molecule has 0 bridgehead atoms. The molecule has 0 radical (unpaired) electrons. The fourth-order valence-corrected chi connectivity index (χ4v) is 3.07. The molecule has 0 N–H and O–H groups in total. The third kappa shape index (κ3) is 2.73. The molecule has 100 valence electrons. The molecule has 19 heavy (non-hydrogen) atoms. The van der Waals surface area contributed by atoms with Crippen molar-refractivity contribution in [2.24, 2.45) is 0 Å². The smallest absolute Gasteiger partial charge is 0.140 e. The van der Waals surface area contributed by atoms with Crippen LogP contribution < -0.4 is 4.90 Å². The van der Waals surface area contributed by atoms with Gasteiger partial charge in [-0.05, 0) is 38.0 Å². The Hall–Kier alpha value is -1.16. The second-order valence-corrected chi connectivity index (χ2v) is 6.07. The number of fused-ring (bicyclic) bond motifs is 1. The fraction of sp³-hybridized carbons (Fsp3) is 0.467. The Bertz CT molecular complexity index is 584. The number of hydrogen-bond donors (Lipinski definition) is 0. The molecule has 1 saturated heterocycles. The Morgan fingerprint density at radius 2 is 1.79 bits per heavy atom. The topological polar surface area (TPSA) is 29.0 Å². The Morgan fingerprint density at radius 3 is 2.53 bits per heavy atom. The van der Waals surface area contributed by atoms with Gasteiger partial charge in [-0.25, -0.2) is 9.97 Å². The minimum atomic E-state index is 0.852. The summed E-state index contributed by atoms with van der Waals surface area (Å²) in [7, 11) is 0. The molecule has 4 heteroatoms. The van der Waals surface area contributed by atoms with Crippen molar-refractivity contribution >= 4 is 32.7 Å². The van der Waals surface area contributed by atoms with Crippen LogP contribution in [0, 0.1) is 6.92 Å². The first-order valence-electron chi connectivity index (χ1n) is 6.93. The third-order valence-corrected chi connectivity index (χ3v) is 4.15. The first-order chi connectivity index (χ1) is 9.24. The van der Waals surface area contributed by atoms with Crippen molar-refractivity contribution in [2.75, 3.05) is 18.0 Å². The summed E-state index contributed by atoms with van der Waals surface area (Å²) in [6, 6.07) is 6.27. The molecule has 1 aliphatic rings. The molecule has 1 aliphatic heterocycles. The highest BCUT2D eigenvalue weighted by Gasteiger charge is 2.15. The monoisotopic (exact) mass is 319 g/mol. The average Bonchev–Trinajstić information content (AvgIpc) is 2.65. The van der Waals surface area contributed by atoms with Crippen molar-refractivity contribution in [1.82, 2.24) is 9.97 Å². The summed E-state index contributed by atoms with van der Waals surface area (Å²) < 4.78 is 1.07. The Labute approximate surface area is 122 Å². The van der Waals surface area contributed by atoms with Gasteiger partial charge in [0.1, 0.15) is 11.6 Å². The van der Waals surface area contributed by atoms with E-state index in [0.717, 1.165) is 40.1 Å². The first-order valence-corrected chi connectivity index (χ1v) is 7.72. The van der Waals surface area contributed by atoms with Crippen molar-refractivity contribution in [3.05, 3.63) is 28.5 Å². The highest BCUT2D eigenvalue weighted by atomic mass is 79.9. The van der Waals surface area contributed by atoms with Gasteiger partial charge in [-0.1, -0.05) is 28.8 Å². The molecular weight excluding hydrogens is 302 g/mol. The highest BCUT2D eigenvalue weighted by Crippen LogP contribution is 2.28. The molecule has 1 aromatic heterocycles. The Balaban J connectivity index is 2.10. The van der Waals surface area contributed by atoms with Gasteiger partial charge >= 0.3 is 0 Å². The standard InChI is InChI=1S/C15H18BrN3/c1-11-17-14-10-12(16)6-7-13(14)15(18-11)19-8-4-2-3-5-9-19/h6-7,10H,2-5,8-9H2,1H3. The van der Waals surface area contributed by atoms with E-state index < -0.39 is 0 Å². The van der Waals surface area contributed by atoms with Gasteiger partial charge in [-0.3, -0.25) is 0 Å². The van der Waals surface area contributed by atoms with Gasteiger partial charge in [0.15, 0.2) is 0 Å². The van der Waals surface area contributed by atoms with E-state index in [9.17, 15) is 0 Å². The van der Waals surface area contributed by atoms with Crippen LogP contribution >= 0.6 is 15.9 Å². The second-order valence-electron chi connectivity index (χ2n) is 5.16. The van der Waals surface area contributed by atoms with Crippen molar-refractivity contribution in [3.63, 3.8) is 0 Å². The number of anilines is 1. The van der Waals surface area contributed by atoms with E-state index in [1.807, 2.05) is 6.92 Å². The molecule has 0 atom stereocenters. The van der Waals surface area contributed by atoms with Crippen molar-refractivity contribution < 1.29 is 0 Å². The lowest BCUT2D eigenvalue weighted by Gasteiger charge is -2.23. The highest BCUT2D eigenvalue weighted by molar-refractivity contribution is 9.10. The normalized spacial score (nSPS) is 16.6. The van der Waals surface area contributed by atoms with E-state index in [0.29, 0.717) is 0 Å². The zero-order chi connectivity index (χ0) is 13.2. The summed E-state index contributed by atoms with van der Waals surface area (Å²) in [4.78, 5) is 11.7. The molecule has 3 rings (SSSR count). The number of aryl methyl sites for hydroxylation is 1. The molecule has 0 amide bonds. The molecule has 2 aromatic rings. The van der Waals surface area contributed by atoms with Crippen LogP contribution in [0.25, 0.3) is 10.9 Å². The molecule has 1 aromatic carbocycles. The Morgan fingerprint density at radius 1 is 1.05 bits per heavy atom. The van der Waals surface area contributed by atoms with Gasteiger partial charge in [0.05, 0.1) is 5.52 Å². The van der Waals surface area contributed by atoms with Gasteiger partial charge in [0.2, 0.25) is 0 Å². The van der Waals surface area contributed by atoms with Gasteiger partial charge in [-0.2, -0.15) is 0 Å². The van der Waals surface area contributed by atoms with Gasteiger partial charge in [0, 0.05) is 22.9 Å². The summed E-state index contributed by atoms with van der Waals surface area (Å²) >= 11 is 3.52. The molecule has 1 fully saturated rings. The van der Waals surface area contributed by atoms with Crippen molar-refractivity contribution in [1.29, 1.82) is 0 Å². The van der Waals surface area contributed by atoms with E-state index in [-0.39, 0.29) is 0 Å². The molecule has 0 aliphatic carbocycles.